The predicted octanol–water partition coefficient (Wildman–Crippen LogP) is -0.582. The summed E-state index contributed by atoms with van der Waals surface area (Å²) in [7, 11) is -3.97. The first-order valence-corrected chi connectivity index (χ1v) is 3.48. The van der Waals surface area contributed by atoms with Crippen LogP contribution in [-0.4, -0.2) is 24.7 Å². The second-order valence-electron chi connectivity index (χ2n) is 1.19. The van der Waals surface area contributed by atoms with Crippen molar-refractivity contribution < 1.29 is 18.1 Å². The van der Waals surface area contributed by atoms with Crippen LogP contribution >= 0.6 is 0 Å². The molecule has 0 heterocycles. The highest BCUT2D eigenvalue weighted by atomic mass is 32.2. The number of aliphatic hydroxyl groups is 1. The molecule has 0 atom stereocenters. The van der Waals surface area contributed by atoms with Gasteiger partial charge in [-0.15, -0.1) is 0 Å². The lowest BCUT2D eigenvalue weighted by atomic mass is 10.5. The highest BCUT2D eigenvalue weighted by molar-refractivity contribution is 7.87. The Kier molecular flexibility index (Phi) is 2.96. The van der Waals surface area contributed by atoms with E-state index in [2.05, 4.69) is 0 Å². The summed E-state index contributed by atoms with van der Waals surface area (Å²) >= 11 is 0. The molecule has 0 amide bonds. The van der Waals surface area contributed by atoms with E-state index in [1.807, 2.05) is 0 Å². The van der Waals surface area contributed by atoms with Crippen molar-refractivity contribution in [2.24, 2.45) is 0 Å². The highest BCUT2D eigenvalue weighted by Crippen LogP contribution is 1.92. The summed E-state index contributed by atoms with van der Waals surface area (Å²) in [5.74, 6) is 0.646. The minimum Gasteiger partial charge on any atom is -0.396 e. The molecule has 0 aliphatic heterocycles. The third-order valence-electron chi connectivity index (χ3n) is 0.458. The van der Waals surface area contributed by atoms with Crippen LogP contribution in [-0.2, 0) is 10.1 Å². The maximum atomic E-state index is 9.78. The van der Waals surface area contributed by atoms with Crippen molar-refractivity contribution in [1.82, 2.24) is 0 Å². The topological polar surface area (TPSA) is 74.6 Å². The molecule has 0 aromatic rings. The molecular weight excluding hydrogens is 132 g/mol. The molecule has 0 unspecified atom stereocenters. The largest absolute Gasteiger partial charge is 0.396 e. The Morgan fingerprint density at radius 1 is 1.50 bits per heavy atom. The summed E-state index contributed by atoms with van der Waals surface area (Å²) in [6.07, 6.45) is -0.0289. The van der Waals surface area contributed by atoms with E-state index in [9.17, 15) is 8.42 Å². The minimum atomic E-state index is -3.97. The molecule has 8 heavy (non-hydrogen) atoms. The van der Waals surface area contributed by atoms with Gasteiger partial charge in [0.25, 0.3) is 10.1 Å². The molecule has 0 saturated heterocycles. The second kappa shape index (κ2) is 3.01. The van der Waals surface area contributed by atoms with Crippen molar-refractivity contribution in [2.75, 3.05) is 6.61 Å². The van der Waals surface area contributed by atoms with Gasteiger partial charge >= 0.3 is 0 Å². The predicted molar refractivity (Wildman–Crippen MR) is 27.6 cm³/mol. The van der Waals surface area contributed by atoms with Crippen LogP contribution in [0, 0.1) is 5.75 Å². The first kappa shape index (κ1) is 7.87. The number of rotatable bonds is 3. The van der Waals surface area contributed by atoms with Gasteiger partial charge in [-0.25, -0.2) is 0 Å². The molecule has 49 valence electrons. The fourth-order valence-electron chi connectivity index (χ4n) is 0.202. The zero-order valence-electron chi connectivity index (χ0n) is 4.11. The molecule has 2 N–H and O–H groups in total. The van der Waals surface area contributed by atoms with E-state index in [-0.39, 0.29) is 13.0 Å². The quantitative estimate of drug-likeness (QED) is 0.513. The van der Waals surface area contributed by atoms with Gasteiger partial charge in [0, 0.05) is 6.61 Å². The van der Waals surface area contributed by atoms with E-state index >= 15 is 0 Å². The smallest absolute Gasteiger partial charge is 0.269 e. The zero-order valence-corrected chi connectivity index (χ0v) is 4.93. The van der Waals surface area contributed by atoms with Gasteiger partial charge in [0.15, 0.2) is 0 Å². The van der Waals surface area contributed by atoms with Gasteiger partial charge in [-0.3, -0.25) is 4.55 Å². The molecule has 0 aromatic carbocycles. The van der Waals surface area contributed by atoms with Gasteiger partial charge < -0.3 is 5.11 Å². The van der Waals surface area contributed by atoms with Crippen LogP contribution in [0.25, 0.3) is 0 Å². The van der Waals surface area contributed by atoms with Crippen molar-refractivity contribution in [3.63, 3.8) is 0 Å². The van der Waals surface area contributed by atoms with Crippen molar-refractivity contribution in [2.45, 2.75) is 6.42 Å². The fraction of sp³-hybridized carbons (Fsp3) is 0.667. The van der Waals surface area contributed by atoms with Gasteiger partial charge in [-0.2, -0.15) is 8.42 Å². The van der Waals surface area contributed by atoms with Gasteiger partial charge in [0.05, 0.1) is 0 Å². The van der Waals surface area contributed by atoms with Crippen LogP contribution in [0.5, 0.6) is 0 Å². The zero-order chi connectivity index (χ0) is 6.62. The van der Waals surface area contributed by atoms with Crippen molar-refractivity contribution in [3.8, 4) is 0 Å². The average Bonchev–Trinajstić information content (AvgIpc) is 1.59. The van der Waals surface area contributed by atoms with Crippen molar-refractivity contribution >= 4 is 10.1 Å². The molecule has 0 aliphatic carbocycles. The Balaban J connectivity index is 3.42. The monoisotopic (exact) mass is 139 g/mol. The average molecular weight is 139 g/mol. The van der Waals surface area contributed by atoms with Crippen LogP contribution in [0.4, 0.5) is 0 Å². The Bertz CT molecular complexity index is 135. The standard InChI is InChI=1S/C3H7O4S/c4-2-1-3-8(5,6)7/h3-4H,1-2H2,(H,5,6,7). The molecule has 1 radical (unpaired) electrons. The molecular formula is C3H7O4S. The Morgan fingerprint density at radius 3 is 2.12 bits per heavy atom. The Morgan fingerprint density at radius 2 is 2.00 bits per heavy atom. The molecule has 4 nitrogen and oxygen atoms in total. The summed E-state index contributed by atoms with van der Waals surface area (Å²) in [6, 6.07) is 0. The number of aliphatic hydroxyl groups excluding tert-OH is 1. The third-order valence-corrected chi connectivity index (χ3v) is 1.11. The molecule has 0 bridgehead atoms. The summed E-state index contributed by atoms with van der Waals surface area (Å²) < 4.78 is 27.5. The minimum absolute atomic E-state index is 0.0289. The molecule has 0 saturated carbocycles. The second-order valence-corrected chi connectivity index (χ2v) is 2.56. The first-order valence-electron chi connectivity index (χ1n) is 1.98. The van der Waals surface area contributed by atoms with Gasteiger partial charge in [0.2, 0.25) is 0 Å². The lowest BCUT2D eigenvalue weighted by Crippen LogP contribution is -1.98. The Hall–Kier alpha value is -0.130. The summed E-state index contributed by atoms with van der Waals surface area (Å²) in [5.41, 5.74) is 0. The highest BCUT2D eigenvalue weighted by Gasteiger charge is 2.01. The number of hydrogen-bond donors (Lipinski definition) is 2. The van der Waals surface area contributed by atoms with Crippen LogP contribution in [0.1, 0.15) is 6.42 Å². The Labute approximate surface area is 47.9 Å². The third kappa shape index (κ3) is 5.87. The summed E-state index contributed by atoms with van der Waals surface area (Å²) in [5, 5.41) is 8.02. The van der Waals surface area contributed by atoms with E-state index in [0.717, 1.165) is 0 Å². The van der Waals surface area contributed by atoms with E-state index in [4.69, 9.17) is 9.66 Å². The fourth-order valence-corrected chi connectivity index (χ4v) is 0.605. The van der Waals surface area contributed by atoms with E-state index in [1.54, 1.807) is 0 Å². The molecule has 0 rings (SSSR count). The number of hydrogen-bond acceptors (Lipinski definition) is 3. The van der Waals surface area contributed by atoms with Crippen LogP contribution in [0.2, 0.25) is 0 Å². The van der Waals surface area contributed by atoms with Crippen LogP contribution in [0.3, 0.4) is 0 Å². The first-order chi connectivity index (χ1) is 3.56. The lowest BCUT2D eigenvalue weighted by molar-refractivity contribution is 0.299. The van der Waals surface area contributed by atoms with Crippen molar-refractivity contribution in [1.29, 1.82) is 0 Å². The molecule has 0 aromatic heterocycles. The SMILES string of the molecule is O=S(=O)(O)[CH]CCO. The van der Waals surface area contributed by atoms with E-state index in [0.29, 0.717) is 5.75 Å². The molecule has 5 heteroatoms. The van der Waals surface area contributed by atoms with Crippen LogP contribution < -0.4 is 0 Å². The van der Waals surface area contributed by atoms with Gasteiger partial charge in [-0.1, -0.05) is 0 Å². The summed E-state index contributed by atoms with van der Waals surface area (Å²) in [4.78, 5) is 0. The van der Waals surface area contributed by atoms with Crippen molar-refractivity contribution in [3.05, 3.63) is 5.75 Å². The molecule has 0 fully saturated rings. The lowest BCUT2D eigenvalue weighted by Gasteiger charge is -1.88. The van der Waals surface area contributed by atoms with E-state index in [1.165, 1.54) is 0 Å². The summed E-state index contributed by atoms with van der Waals surface area (Å²) in [6.45, 7) is -0.264. The molecule has 0 spiro atoms. The van der Waals surface area contributed by atoms with Crippen LogP contribution in [0.15, 0.2) is 0 Å². The van der Waals surface area contributed by atoms with Gasteiger partial charge in [0.1, 0.15) is 5.75 Å². The van der Waals surface area contributed by atoms with E-state index < -0.39 is 10.1 Å². The molecule has 0 aliphatic rings. The normalized spacial score (nSPS) is 11.8. The maximum absolute atomic E-state index is 9.78. The van der Waals surface area contributed by atoms with Gasteiger partial charge in [-0.05, 0) is 6.42 Å². The maximum Gasteiger partial charge on any atom is 0.269 e.